The van der Waals surface area contributed by atoms with E-state index in [1.807, 2.05) is 71.4 Å². The lowest BCUT2D eigenvalue weighted by atomic mass is 10.2. The first kappa shape index (κ1) is 15.0. The molecule has 0 amide bonds. The lowest BCUT2D eigenvalue weighted by Crippen LogP contribution is -2.09. The lowest BCUT2D eigenvalue weighted by Gasteiger charge is -2.09. The lowest BCUT2D eigenvalue weighted by molar-refractivity contribution is 0.883. The minimum Gasteiger partial charge on any atom is -0.347 e. The molecule has 25 heavy (non-hydrogen) atoms. The SMILES string of the molecule is c1ccc(-c2ncnc(NCc3nccn3-c3ccccc3)n2)cc1. The normalized spacial score (nSPS) is 10.6. The average Bonchev–Trinajstić information content (AvgIpc) is 3.17. The summed E-state index contributed by atoms with van der Waals surface area (Å²) < 4.78 is 2.03. The first-order valence-corrected chi connectivity index (χ1v) is 7.96. The molecule has 0 unspecified atom stereocenters. The Labute approximate surface area is 145 Å². The van der Waals surface area contributed by atoms with Gasteiger partial charge in [-0.15, -0.1) is 0 Å². The molecule has 2 aromatic heterocycles. The van der Waals surface area contributed by atoms with E-state index in [0.717, 1.165) is 17.1 Å². The fourth-order valence-electron chi connectivity index (χ4n) is 2.55. The van der Waals surface area contributed by atoms with Crippen LogP contribution in [0.2, 0.25) is 0 Å². The molecule has 0 aliphatic rings. The highest BCUT2D eigenvalue weighted by molar-refractivity contribution is 5.55. The first-order chi connectivity index (χ1) is 12.4. The van der Waals surface area contributed by atoms with Gasteiger partial charge in [0.1, 0.15) is 12.2 Å². The van der Waals surface area contributed by atoms with Crippen LogP contribution in [-0.2, 0) is 6.54 Å². The average molecular weight is 328 g/mol. The molecule has 2 heterocycles. The van der Waals surface area contributed by atoms with Crippen molar-refractivity contribution < 1.29 is 0 Å². The molecule has 0 saturated heterocycles. The molecular formula is C19H16N6. The second kappa shape index (κ2) is 6.92. The largest absolute Gasteiger partial charge is 0.347 e. The van der Waals surface area contributed by atoms with Crippen molar-refractivity contribution in [1.82, 2.24) is 24.5 Å². The number of imidazole rings is 1. The number of nitrogens with one attached hydrogen (secondary N) is 1. The van der Waals surface area contributed by atoms with E-state index in [1.165, 1.54) is 6.33 Å². The molecule has 0 spiro atoms. The topological polar surface area (TPSA) is 68.5 Å². The summed E-state index contributed by atoms with van der Waals surface area (Å²) >= 11 is 0. The monoisotopic (exact) mass is 328 g/mol. The Bertz CT molecular complexity index is 950. The van der Waals surface area contributed by atoms with Crippen molar-refractivity contribution in [3.8, 4) is 17.1 Å². The van der Waals surface area contributed by atoms with Crippen molar-refractivity contribution in [2.24, 2.45) is 0 Å². The van der Waals surface area contributed by atoms with E-state index in [2.05, 4.69) is 25.3 Å². The summed E-state index contributed by atoms with van der Waals surface area (Å²) in [5, 5.41) is 3.22. The Kier molecular flexibility index (Phi) is 4.16. The van der Waals surface area contributed by atoms with E-state index in [-0.39, 0.29) is 0 Å². The number of benzene rings is 2. The highest BCUT2D eigenvalue weighted by Crippen LogP contribution is 2.15. The standard InChI is InChI=1S/C19H16N6/c1-3-7-15(8-4-1)18-22-14-23-19(24-18)21-13-17-20-11-12-25(17)16-9-5-2-6-10-16/h1-12,14H,13H2,(H,21,22,23,24). The molecule has 0 aliphatic heterocycles. The Balaban J connectivity index is 1.53. The summed E-state index contributed by atoms with van der Waals surface area (Å²) in [7, 11) is 0. The molecule has 0 fully saturated rings. The predicted molar refractivity (Wildman–Crippen MR) is 96.2 cm³/mol. The van der Waals surface area contributed by atoms with Crippen LogP contribution in [0.15, 0.2) is 79.4 Å². The van der Waals surface area contributed by atoms with E-state index >= 15 is 0 Å². The molecule has 4 aromatic rings. The van der Waals surface area contributed by atoms with Gasteiger partial charge in [0.2, 0.25) is 5.95 Å². The van der Waals surface area contributed by atoms with Gasteiger partial charge in [0.05, 0.1) is 6.54 Å². The first-order valence-electron chi connectivity index (χ1n) is 7.96. The molecule has 2 aromatic carbocycles. The number of rotatable bonds is 5. The molecule has 4 rings (SSSR count). The second-order valence-corrected chi connectivity index (χ2v) is 5.40. The van der Waals surface area contributed by atoms with Crippen LogP contribution >= 0.6 is 0 Å². The molecule has 0 saturated carbocycles. The van der Waals surface area contributed by atoms with Crippen LogP contribution in [0, 0.1) is 0 Å². The van der Waals surface area contributed by atoms with Crippen molar-refractivity contribution >= 4 is 5.95 Å². The van der Waals surface area contributed by atoms with Gasteiger partial charge in [0, 0.05) is 23.6 Å². The zero-order chi connectivity index (χ0) is 16.9. The third kappa shape index (κ3) is 3.37. The summed E-state index contributed by atoms with van der Waals surface area (Å²) in [6, 6.07) is 19.9. The van der Waals surface area contributed by atoms with E-state index in [1.54, 1.807) is 6.20 Å². The van der Waals surface area contributed by atoms with Crippen molar-refractivity contribution in [3.63, 3.8) is 0 Å². The van der Waals surface area contributed by atoms with Gasteiger partial charge in [-0.05, 0) is 12.1 Å². The van der Waals surface area contributed by atoms with E-state index in [9.17, 15) is 0 Å². The van der Waals surface area contributed by atoms with Crippen molar-refractivity contribution in [2.75, 3.05) is 5.32 Å². The third-order valence-corrected chi connectivity index (χ3v) is 3.76. The van der Waals surface area contributed by atoms with Crippen LogP contribution in [0.1, 0.15) is 5.82 Å². The highest BCUT2D eigenvalue weighted by atomic mass is 15.2. The molecule has 0 bridgehead atoms. The van der Waals surface area contributed by atoms with Gasteiger partial charge < -0.3 is 9.88 Å². The maximum Gasteiger partial charge on any atom is 0.226 e. The Morgan fingerprint density at radius 1 is 0.840 bits per heavy atom. The van der Waals surface area contributed by atoms with Gasteiger partial charge in [-0.2, -0.15) is 4.98 Å². The molecule has 1 N–H and O–H groups in total. The molecule has 6 heteroatoms. The van der Waals surface area contributed by atoms with Gasteiger partial charge >= 0.3 is 0 Å². The fraction of sp³-hybridized carbons (Fsp3) is 0.0526. The van der Waals surface area contributed by atoms with Crippen LogP contribution < -0.4 is 5.32 Å². The maximum atomic E-state index is 4.47. The number of anilines is 1. The Morgan fingerprint density at radius 2 is 1.60 bits per heavy atom. The van der Waals surface area contributed by atoms with Gasteiger partial charge in [-0.3, -0.25) is 0 Å². The van der Waals surface area contributed by atoms with Gasteiger partial charge in [-0.25, -0.2) is 15.0 Å². The summed E-state index contributed by atoms with van der Waals surface area (Å²) in [5.41, 5.74) is 2.02. The van der Waals surface area contributed by atoms with Crippen molar-refractivity contribution in [2.45, 2.75) is 6.54 Å². The Morgan fingerprint density at radius 3 is 2.40 bits per heavy atom. The van der Waals surface area contributed by atoms with Gasteiger partial charge in [0.25, 0.3) is 0 Å². The minimum absolute atomic E-state index is 0.514. The maximum absolute atomic E-state index is 4.47. The number of aromatic nitrogens is 5. The molecule has 0 atom stereocenters. The fourth-order valence-corrected chi connectivity index (χ4v) is 2.55. The molecule has 122 valence electrons. The smallest absolute Gasteiger partial charge is 0.226 e. The summed E-state index contributed by atoms with van der Waals surface area (Å²) in [6.45, 7) is 0.514. The van der Waals surface area contributed by atoms with E-state index < -0.39 is 0 Å². The Hall–Kier alpha value is -3.54. The van der Waals surface area contributed by atoms with Crippen molar-refractivity contribution in [1.29, 1.82) is 0 Å². The number of para-hydroxylation sites is 1. The quantitative estimate of drug-likeness (QED) is 0.608. The summed E-state index contributed by atoms with van der Waals surface area (Å²) in [6.07, 6.45) is 5.24. The molecular weight excluding hydrogens is 312 g/mol. The van der Waals surface area contributed by atoms with E-state index in [4.69, 9.17) is 0 Å². The molecule has 0 aliphatic carbocycles. The zero-order valence-electron chi connectivity index (χ0n) is 13.4. The van der Waals surface area contributed by atoms with E-state index in [0.29, 0.717) is 18.3 Å². The number of nitrogens with zero attached hydrogens (tertiary/aromatic N) is 5. The number of hydrogen-bond acceptors (Lipinski definition) is 5. The third-order valence-electron chi connectivity index (χ3n) is 3.76. The van der Waals surface area contributed by atoms with Crippen LogP contribution in [-0.4, -0.2) is 24.5 Å². The summed E-state index contributed by atoms with van der Waals surface area (Å²) in [4.78, 5) is 17.3. The second-order valence-electron chi connectivity index (χ2n) is 5.40. The predicted octanol–water partition coefficient (Wildman–Crippen LogP) is 3.34. The summed E-state index contributed by atoms with van der Waals surface area (Å²) in [5.74, 6) is 2.05. The van der Waals surface area contributed by atoms with Crippen LogP contribution in [0.5, 0.6) is 0 Å². The minimum atomic E-state index is 0.514. The zero-order valence-corrected chi connectivity index (χ0v) is 13.4. The molecule has 6 nitrogen and oxygen atoms in total. The van der Waals surface area contributed by atoms with Gasteiger partial charge in [-0.1, -0.05) is 48.5 Å². The highest BCUT2D eigenvalue weighted by Gasteiger charge is 2.07. The molecule has 0 radical (unpaired) electrons. The number of hydrogen-bond donors (Lipinski definition) is 1. The van der Waals surface area contributed by atoms with Gasteiger partial charge in [0.15, 0.2) is 5.82 Å². The van der Waals surface area contributed by atoms with Crippen LogP contribution in [0.4, 0.5) is 5.95 Å². The van der Waals surface area contributed by atoms with Crippen LogP contribution in [0.3, 0.4) is 0 Å². The van der Waals surface area contributed by atoms with Crippen molar-refractivity contribution in [3.05, 3.63) is 85.2 Å². The van der Waals surface area contributed by atoms with Crippen LogP contribution in [0.25, 0.3) is 17.1 Å².